The van der Waals surface area contributed by atoms with E-state index in [0.29, 0.717) is 22.2 Å². The van der Waals surface area contributed by atoms with Gasteiger partial charge in [-0.25, -0.2) is 4.39 Å². The maximum atomic E-state index is 13.2. The molecule has 0 unspecified atom stereocenters. The predicted octanol–water partition coefficient (Wildman–Crippen LogP) is 4.24. The van der Waals surface area contributed by atoms with Gasteiger partial charge in [0.2, 0.25) is 5.91 Å². The summed E-state index contributed by atoms with van der Waals surface area (Å²) in [7, 11) is 0. The first-order valence-corrected chi connectivity index (χ1v) is 8.51. The highest BCUT2D eigenvalue weighted by Gasteiger charge is 2.28. The van der Waals surface area contributed by atoms with Gasteiger partial charge in [-0.3, -0.25) is 10.1 Å². The van der Waals surface area contributed by atoms with Crippen molar-refractivity contribution in [1.82, 2.24) is 10.6 Å². The molecule has 1 atom stereocenters. The lowest BCUT2D eigenvalue weighted by molar-refractivity contribution is -0.123. The minimum atomic E-state index is -0.571. The summed E-state index contributed by atoms with van der Waals surface area (Å²) < 4.78 is 13.2. The standard InChI is InChI=1S/C18H17Cl2FN2O/c19-13-4-1-12(16(20)9-13)10-22-17(18(24)23-15-7-8-15)11-2-5-14(21)6-3-11/h1-6,9,15,17,22H,7-8,10H2,(H,23,24)/t17-/m0/s1. The fourth-order valence-corrected chi connectivity index (χ4v) is 2.88. The van der Waals surface area contributed by atoms with Crippen LogP contribution in [-0.4, -0.2) is 11.9 Å². The molecule has 0 spiro atoms. The first-order chi connectivity index (χ1) is 11.5. The molecule has 0 saturated heterocycles. The van der Waals surface area contributed by atoms with Crippen molar-refractivity contribution in [3.05, 3.63) is 69.5 Å². The molecule has 3 nitrogen and oxygen atoms in total. The zero-order valence-electron chi connectivity index (χ0n) is 12.9. The molecule has 0 radical (unpaired) electrons. The van der Waals surface area contributed by atoms with Crippen molar-refractivity contribution in [2.75, 3.05) is 0 Å². The first-order valence-electron chi connectivity index (χ1n) is 7.76. The Balaban J connectivity index is 1.75. The summed E-state index contributed by atoms with van der Waals surface area (Å²) in [4.78, 5) is 12.5. The molecule has 3 rings (SSSR count). The molecule has 0 aliphatic heterocycles. The van der Waals surface area contributed by atoms with Crippen LogP contribution in [0.4, 0.5) is 4.39 Å². The number of amides is 1. The summed E-state index contributed by atoms with van der Waals surface area (Å²) in [6.07, 6.45) is 2.01. The second-order valence-corrected chi connectivity index (χ2v) is 6.73. The normalized spacial score (nSPS) is 15.1. The molecule has 1 aliphatic carbocycles. The molecular formula is C18H17Cl2FN2O. The molecule has 2 aromatic carbocycles. The van der Waals surface area contributed by atoms with Gasteiger partial charge in [0, 0.05) is 22.6 Å². The molecule has 1 fully saturated rings. The minimum absolute atomic E-state index is 0.116. The zero-order chi connectivity index (χ0) is 17.1. The third kappa shape index (κ3) is 4.47. The van der Waals surface area contributed by atoms with E-state index in [-0.39, 0.29) is 17.8 Å². The maximum absolute atomic E-state index is 13.2. The SMILES string of the molecule is O=C(NC1CC1)[C@@H](NCc1ccc(Cl)cc1Cl)c1ccc(F)cc1. The number of nitrogens with one attached hydrogen (secondary N) is 2. The van der Waals surface area contributed by atoms with E-state index in [1.807, 2.05) is 6.07 Å². The van der Waals surface area contributed by atoms with Gasteiger partial charge in [0.25, 0.3) is 0 Å². The predicted molar refractivity (Wildman–Crippen MR) is 93.6 cm³/mol. The summed E-state index contributed by atoms with van der Waals surface area (Å²) >= 11 is 12.1. The lowest BCUT2D eigenvalue weighted by Gasteiger charge is -2.19. The van der Waals surface area contributed by atoms with Gasteiger partial charge in [-0.2, -0.15) is 0 Å². The third-order valence-electron chi connectivity index (χ3n) is 3.90. The molecule has 0 bridgehead atoms. The Hall–Kier alpha value is -1.62. The van der Waals surface area contributed by atoms with Gasteiger partial charge in [-0.05, 0) is 48.2 Å². The van der Waals surface area contributed by atoms with E-state index in [9.17, 15) is 9.18 Å². The number of hydrogen-bond acceptors (Lipinski definition) is 2. The quantitative estimate of drug-likeness (QED) is 0.802. The van der Waals surface area contributed by atoms with E-state index in [4.69, 9.17) is 23.2 Å². The smallest absolute Gasteiger partial charge is 0.241 e. The van der Waals surface area contributed by atoms with Crippen molar-refractivity contribution >= 4 is 29.1 Å². The highest BCUT2D eigenvalue weighted by molar-refractivity contribution is 6.35. The van der Waals surface area contributed by atoms with Crippen LogP contribution in [-0.2, 0) is 11.3 Å². The van der Waals surface area contributed by atoms with Crippen molar-refractivity contribution in [2.24, 2.45) is 0 Å². The average molecular weight is 367 g/mol. The molecule has 0 aromatic heterocycles. The summed E-state index contributed by atoms with van der Waals surface area (Å²) in [6.45, 7) is 0.399. The van der Waals surface area contributed by atoms with E-state index >= 15 is 0 Å². The van der Waals surface area contributed by atoms with Crippen LogP contribution in [0.15, 0.2) is 42.5 Å². The number of hydrogen-bond donors (Lipinski definition) is 2. The third-order valence-corrected chi connectivity index (χ3v) is 4.49. The lowest BCUT2D eigenvalue weighted by atomic mass is 10.1. The van der Waals surface area contributed by atoms with E-state index < -0.39 is 6.04 Å². The van der Waals surface area contributed by atoms with Gasteiger partial charge >= 0.3 is 0 Å². The molecule has 6 heteroatoms. The monoisotopic (exact) mass is 366 g/mol. The Morgan fingerprint density at radius 2 is 1.88 bits per heavy atom. The average Bonchev–Trinajstić information content (AvgIpc) is 3.35. The van der Waals surface area contributed by atoms with Crippen LogP contribution >= 0.6 is 23.2 Å². The first kappa shape index (κ1) is 17.2. The van der Waals surface area contributed by atoms with Gasteiger partial charge in [0.15, 0.2) is 0 Å². The van der Waals surface area contributed by atoms with Crippen LogP contribution in [0.1, 0.15) is 30.0 Å². The Morgan fingerprint density at radius 3 is 2.50 bits per heavy atom. The van der Waals surface area contributed by atoms with Crippen LogP contribution in [0.25, 0.3) is 0 Å². The largest absolute Gasteiger partial charge is 0.352 e. The second-order valence-electron chi connectivity index (χ2n) is 5.88. The molecule has 1 saturated carbocycles. The number of benzene rings is 2. The van der Waals surface area contributed by atoms with Crippen molar-refractivity contribution in [3.8, 4) is 0 Å². The summed E-state index contributed by atoms with van der Waals surface area (Å²) in [5.41, 5.74) is 1.55. The molecule has 1 aliphatic rings. The molecule has 1 amide bonds. The minimum Gasteiger partial charge on any atom is -0.352 e. The van der Waals surface area contributed by atoms with Gasteiger partial charge in [-0.1, -0.05) is 41.4 Å². The highest BCUT2D eigenvalue weighted by Crippen LogP contribution is 2.24. The molecular weight excluding hydrogens is 350 g/mol. The molecule has 126 valence electrons. The second kappa shape index (κ2) is 7.51. The van der Waals surface area contributed by atoms with E-state index in [1.54, 1.807) is 24.3 Å². The molecule has 0 heterocycles. The highest BCUT2D eigenvalue weighted by atomic mass is 35.5. The summed E-state index contributed by atoms with van der Waals surface area (Å²) in [5, 5.41) is 7.28. The fourth-order valence-electron chi connectivity index (χ4n) is 2.41. The molecule has 2 N–H and O–H groups in total. The Labute approximate surface area is 150 Å². The van der Waals surface area contributed by atoms with Crippen molar-refractivity contribution < 1.29 is 9.18 Å². The van der Waals surface area contributed by atoms with Crippen molar-refractivity contribution in [3.63, 3.8) is 0 Å². The van der Waals surface area contributed by atoms with Crippen LogP contribution < -0.4 is 10.6 Å². The van der Waals surface area contributed by atoms with Gasteiger partial charge in [0.1, 0.15) is 11.9 Å². The Morgan fingerprint density at radius 1 is 1.17 bits per heavy atom. The maximum Gasteiger partial charge on any atom is 0.241 e. The Kier molecular flexibility index (Phi) is 5.39. The summed E-state index contributed by atoms with van der Waals surface area (Å²) in [5.74, 6) is -0.449. The van der Waals surface area contributed by atoms with Gasteiger partial charge in [0.05, 0.1) is 0 Å². The fraction of sp³-hybridized carbons (Fsp3) is 0.278. The zero-order valence-corrected chi connectivity index (χ0v) is 14.4. The van der Waals surface area contributed by atoms with Crippen molar-refractivity contribution in [1.29, 1.82) is 0 Å². The Bertz CT molecular complexity index is 732. The van der Waals surface area contributed by atoms with E-state index in [0.717, 1.165) is 18.4 Å². The number of rotatable bonds is 6. The van der Waals surface area contributed by atoms with Crippen LogP contribution in [0.2, 0.25) is 10.0 Å². The number of halogens is 3. The van der Waals surface area contributed by atoms with Gasteiger partial charge < -0.3 is 5.32 Å². The number of carbonyl (C=O) groups excluding carboxylic acids is 1. The molecule has 2 aromatic rings. The number of carbonyl (C=O) groups is 1. The van der Waals surface area contributed by atoms with Crippen LogP contribution in [0, 0.1) is 5.82 Å². The van der Waals surface area contributed by atoms with Crippen LogP contribution in [0.5, 0.6) is 0 Å². The van der Waals surface area contributed by atoms with Crippen molar-refractivity contribution in [2.45, 2.75) is 31.5 Å². The lowest BCUT2D eigenvalue weighted by Crippen LogP contribution is -2.38. The van der Waals surface area contributed by atoms with Gasteiger partial charge in [-0.15, -0.1) is 0 Å². The molecule has 24 heavy (non-hydrogen) atoms. The topological polar surface area (TPSA) is 41.1 Å². The summed E-state index contributed by atoms with van der Waals surface area (Å²) in [6, 6.07) is 10.8. The van der Waals surface area contributed by atoms with Crippen LogP contribution in [0.3, 0.4) is 0 Å². The van der Waals surface area contributed by atoms with E-state index in [2.05, 4.69) is 10.6 Å². The van der Waals surface area contributed by atoms with E-state index in [1.165, 1.54) is 12.1 Å².